The first-order chi connectivity index (χ1) is 7.28. The Morgan fingerprint density at radius 2 is 2.06 bits per heavy atom. The van der Waals surface area contributed by atoms with Crippen molar-refractivity contribution in [1.29, 1.82) is 0 Å². The highest BCUT2D eigenvalue weighted by Gasteiger charge is 2.48. The van der Waals surface area contributed by atoms with Crippen LogP contribution in [0, 0.1) is 0 Å². The molecule has 1 N–H and O–H groups in total. The first-order valence-electron chi connectivity index (χ1n) is 5.16. The number of rotatable bonds is 3. The second-order valence-corrected chi connectivity index (χ2v) is 4.48. The van der Waals surface area contributed by atoms with Crippen molar-refractivity contribution in [2.45, 2.75) is 37.9 Å². The Balaban J connectivity index is 2.88. The molecule has 5 heteroatoms. The van der Waals surface area contributed by atoms with Gasteiger partial charge in [0.2, 0.25) is 0 Å². The number of ether oxygens (including phenoxy) is 2. The van der Waals surface area contributed by atoms with Crippen LogP contribution >= 0.6 is 0 Å². The van der Waals surface area contributed by atoms with Crippen LogP contribution < -0.4 is 0 Å². The number of hydrogen-bond acceptors (Lipinski definition) is 4. The molecule has 1 aliphatic rings. The van der Waals surface area contributed by atoms with Gasteiger partial charge in [-0.05, 0) is 13.8 Å². The summed E-state index contributed by atoms with van der Waals surface area (Å²) in [7, 11) is 3.27. The van der Waals surface area contributed by atoms with Gasteiger partial charge in [-0.25, -0.2) is 0 Å². The van der Waals surface area contributed by atoms with Crippen molar-refractivity contribution in [3.8, 4) is 0 Å². The summed E-state index contributed by atoms with van der Waals surface area (Å²) in [5.74, 6) is -1.10. The van der Waals surface area contributed by atoms with Gasteiger partial charge in [0, 0.05) is 14.1 Å². The number of likely N-dealkylation sites (N-methyl/N-ethyl adjacent to an activating group) is 1. The van der Waals surface area contributed by atoms with Crippen LogP contribution in [0.25, 0.3) is 0 Å². The maximum absolute atomic E-state index is 11.8. The van der Waals surface area contributed by atoms with Crippen LogP contribution in [0.3, 0.4) is 0 Å². The normalized spacial score (nSPS) is 29.8. The lowest BCUT2D eigenvalue weighted by Gasteiger charge is -2.21. The van der Waals surface area contributed by atoms with E-state index < -0.39 is 24.1 Å². The monoisotopic (exact) mass is 229 g/mol. The predicted molar refractivity (Wildman–Crippen MR) is 58.7 cm³/mol. The van der Waals surface area contributed by atoms with E-state index in [-0.39, 0.29) is 5.91 Å². The van der Waals surface area contributed by atoms with Crippen molar-refractivity contribution in [3.05, 3.63) is 12.7 Å². The van der Waals surface area contributed by atoms with Crippen molar-refractivity contribution >= 4 is 5.91 Å². The van der Waals surface area contributed by atoms with Crippen LogP contribution in [0.5, 0.6) is 0 Å². The molecule has 5 nitrogen and oxygen atoms in total. The van der Waals surface area contributed by atoms with Crippen LogP contribution in [0.2, 0.25) is 0 Å². The summed E-state index contributed by atoms with van der Waals surface area (Å²) in [6, 6.07) is 0. The standard InChI is InChI=1S/C11H19NO4/c1-6-7(13)8-9(10(14)12(4)5)16-11(2,3)15-8/h6-9,13H,1H2,2-5H3/t7-,8+,9-/m1/s1. The second kappa shape index (κ2) is 4.53. The molecule has 3 atom stereocenters. The lowest BCUT2D eigenvalue weighted by molar-refractivity contribution is -0.161. The Morgan fingerprint density at radius 1 is 1.50 bits per heavy atom. The molecular weight excluding hydrogens is 210 g/mol. The molecule has 1 saturated heterocycles. The van der Waals surface area contributed by atoms with E-state index in [0.29, 0.717) is 0 Å². The number of carbonyl (C=O) groups is 1. The minimum Gasteiger partial charge on any atom is -0.386 e. The van der Waals surface area contributed by atoms with E-state index in [0.717, 1.165) is 0 Å². The summed E-state index contributed by atoms with van der Waals surface area (Å²) in [4.78, 5) is 13.3. The zero-order valence-corrected chi connectivity index (χ0v) is 10.1. The quantitative estimate of drug-likeness (QED) is 0.699. The molecule has 1 amide bonds. The van der Waals surface area contributed by atoms with Crippen LogP contribution in [-0.2, 0) is 14.3 Å². The van der Waals surface area contributed by atoms with E-state index in [4.69, 9.17) is 9.47 Å². The largest absolute Gasteiger partial charge is 0.386 e. The first kappa shape index (κ1) is 13.2. The molecule has 1 fully saturated rings. The highest BCUT2D eigenvalue weighted by atomic mass is 16.8. The highest BCUT2D eigenvalue weighted by Crippen LogP contribution is 2.31. The number of hydrogen-bond donors (Lipinski definition) is 1. The fourth-order valence-electron chi connectivity index (χ4n) is 1.62. The third-order valence-corrected chi connectivity index (χ3v) is 2.39. The molecule has 0 saturated carbocycles. The predicted octanol–water partition coefficient (Wildman–Crippen LogP) is 0.142. The summed E-state index contributed by atoms with van der Waals surface area (Å²) in [6.07, 6.45) is -1.08. The number of aliphatic hydroxyl groups excluding tert-OH is 1. The summed E-state index contributed by atoms with van der Waals surface area (Å²) >= 11 is 0. The van der Waals surface area contributed by atoms with Gasteiger partial charge in [0.1, 0.15) is 12.2 Å². The van der Waals surface area contributed by atoms with Gasteiger partial charge in [0.05, 0.1) is 0 Å². The van der Waals surface area contributed by atoms with Crippen molar-refractivity contribution < 1.29 is 19.4 Å². The zero-order valence-electron chi connectivity index (χ0n) is 10.1. The first-order valence-corrected chi connectivity index (χ1v) is 5.16. The van der Waals surface area contributed by atoms with Crippen molar-refractivity contribution in [2.24, 2.45) is 0 Å². The molecule has 0 aromatic heterocycles. The molecule has 0 radical (unpaired) electrons. The van der Waals surface area contributed by atoms with E-state index in [2.05, 4.69) is 6.58 Å². The Labute approximate surface area is 95.6 Å². The molecule has 0 bridgehead atoms. The third-order valence-electron chi connectivity index (χ3n) is 2.39. The Morgan fingerprint density at radius 3 is 2.50 bits per heavy atom. The molecule has 1 aliphatic heterocycles. The topological polar surface area (TPSA) is 59.0 Å². The summed E-state index contributed by atoms with van der Waals surface area (Å²) in [5.41, 5.74) is 0. The third kappa shape index (κ3) is 2.61. The Bertz CT molecular complexity index is 288. The average Bonchev–Trinajstić information content (AvgIpc) is 2.52. The lowest BCUT2D eigenvalue weighted by Crippen LogP contribution is -2.44. The molecule has 0 aromatic rings. The maximum atomic E-state index is 11.8. The van der Waals surface area contributed by atoms with Gasteiger partial charge < -0.3 is 19.5 Å². The minimum atomic E-state index is -0.921. The molecule has 16 heavy (non-hydrogen) atoms. The van der Waals surface area contributed by atoms with E-state index in [1.807, 2.05) is 0 Å². The van der Waals surface area contributed by atoms with E-state index in [1.54, 1.807) is 27.9 Å². The molecular formula is C11H19NO4. The molecule has 92 valence electrons. The van der Waals surface area contributed by atoms with Crippen LogP contribution in [0.4, 0.5) is 0 Å². The van der Waals surface area contributed by atoms with Gasteiger partial charge in [-0.1, -0.05) is 6.08 Å². The minimum absolute atomic E-state index is 0.225. The smallest absolute Gasteiger partial charge is 0.254 e. The molecule has 0 spiro atoms. The molecule has 0 aliphatic carbocycles. The summed E-state index contributed by atoms with van der Waals surface area (Å²) < 4.78 is 11.0. The van der Waals surface area contributed by atoms with Crippen LogP contribution in [-0.4, -0.2) is 54.1 Å². The maximum Gasteiger partial charge on any atom is 0.254 e. The van der Waals surface area contributed by atoms with Crippen LogP contribution in [0.15, 0.2) is 12.7 Å². The van der Waals surface area contributed by atoms with Crippen molar-refractivity contribution in [3.63, 3.8) is 0 Å². The SMILES string of the molecule is C=C[C@@H](O)[C@@H]1OC(C)(C)O[C@H]1C(=O)N(C)C. The highest BCUT2D eigenvalue weighted by molar-refractivity contribution is 5.81. The molecule has 0 aromatic carbocycles. The number of nitrogens with zero attached hydrogens (tertiary/aromatic N) is 1. The molecule has 1 heterocycles. The van der Waals surface area contributed by atoms with Gasteiger partial charge in [-0.15, -0.1) is 6.58 Å². The lowest BCUT2D eigenvalue weighted by atomic mass is 10.1. The Kier molecular flexibility index (Phi) is 3.72. The number of amides is 1. The summed E-state index contributed by atoms with van der Waals surface area (Å²) in [5, 5.41) is 9.70. The number of carbonyl (C=O) groups excluding carboxylic acids is 1. The zero-order chi connectivity index (χ0) is 12.5. The van der Waals surface area contributed by atoms with E-state index >= 15 is 0 Å². The van der Waals surface area contributed by atoms with Gasteiger partial charge in [0.15, 0.2) is 11.9 Å². The van der Waals surface area contributed by atoms with Gasteiger partial charge >= 0.3 is 0 Å². The summed E-state index contributed by atoms with van der Waals surface area (Å²) in [6.45, 7) is 6.90. The van der Waals surface area contributed by atoms with E-state index in [1.165, 1.54) is 11.0 Å². The second-order valence-electron chi connectivity index (χ2n) is 4.48. The van der Waals surface area contributed by atoms with E-state index in [9.17, 15) is 9.90 Å². The Hall–Kier alpha value is -0.910. The van der Waals surface area contributed by atoms with Crippen LogP contribution in [0.1, 0.15) is 13.8 Å². The van der Waals surface area contributed by atoms with Gasteiger partial charge in [0.25, 0.3) is 5.91 Å². The van der Waals surface area contributed by atoms with Crippen molar-refractivity contribution in [1.82, 2.24) is 4.90 Å². The number of aliphatic hydroxyl groups is 1. The fraction of sp³-hybridized carbons (Fsp3) is 0.727. The average molecular weight is 229 g/mol. The van der Waals surface area contributed by atoms with Crippen molar-refractivity contribution in [2.75, 3.05) is 14.1 Å². The molecule has 1 rings (SSSR count). The van der Waals surface area contributed by atoms with Gasteiger partial charge in [-0.3, -0.25) is 4.79 Å². The van der Waals surface area contributed by atoms with Gasteiger partial charge in [-0.2, -0.15) is 0 Å². The fourth-order valence-corrected chi connectivity index (χ4v) is 1.62. The molecule has 0 unspecified atom stereocenters.